The van der Waals surface area contributed by atoms with E-state index >= 15 is 0 Å². The first-order chi connectivity index (χ1) is 15.5. The highest BCUT2D eigenvalue weighted by Gasteiger charge is 2.42. The molecule has 3 aromatic carbocycles. The maximum Gasteiger partial charge on any atom is 0.0866 e. The van der Waals surface area contributed by atoms with Crippen LogP contribution in [0.1, 0.15) is 26.3 Å². The first kappa shape index (κ1) is 21.7. The van der Waals surface area contributed by atoms with Crippen molar-refractivity contribution >= 4 is 27.2 Å². The fraction of sp³-hybridized carbons (Fsp3) is 0.172. The highest BCUT2D eigenvalue weighted by Crippen LogP contribution is 2.48. The molecule has 1 atom stereocenters. The van der Waals surface area contributed by atoms with Crippen LogP contribution in [0.5, 0.6) is 0 Å². The summed E-state index contributed by atoms with van der Waals surface area (Å²) in [6.45, 7) is 10.5. The molecule has 0 aliphatic carbocycles. The standard InChI is InChI=1S/C29H31N3/c1-5-7-8-12-20(3)31-27(11-6-2)26(19-30)29(4)25-18-24-22(17-28(25)32-29)16-15-21-13-9-10-14-23(21)24/h5-18,31-32H,1,19,30H2,2-4H3/b8-7-,11-6-,20-12+,27-26+. The van der Waals surface area contributed by atoms with Crippen LogP contribution in [0.4, 0.5) is 5.69 Å². The second-order valence-corrected chi connectivity index (χ2v) is 8.35. The largest absolute Gasteiger partial charge is 0.372 e. The molecule has 162 valence electrons. The lowest BCUT2D eigenvalue weighted by Crippen LogP contribution is -2.46. The van der Waals surface area contributed by atoms with Gasteiger partial charge in [0.1, 0.15) is 0 Å². The second kappa shape index (κ2) is 8.89. The summed E-state index contributed by atoms with van der Waals surface area (Å²) >= 11 is 0. The van der Waals surface area contributed by atoms with Crippen molar-refractivity contribution in [1.29, 1.82) is 0 Å². The van der Waals surface area contributed by atoms with Gasteiger partial charge >= 0.3 is 0 Å². The maximum atomic E-state index is 6.34. The Labute approximate surface area is 190 Å². The molecule has 0 radical (unpaired) electrons. The number of benzene rings is 3. The molecule has 1 heterocycles. The van der Waals surface area contributed by atoms with Crippen LogP contribution in [0.2, 0.25) is 0 Å². The number of hydrogen-bond donors (Lipinski definition) is 3. The van der Waals surface area contributed by atoms with Crippen molar-refractivity contribution in [2.45, 2.75) is 26.3 Å². The fourth-order valence-corrected chi connectivity index (χ4v) is 4.58. The minimum absolute atomic E-state index is 0.339. The molecule has 0 spiro atoms. The molecule has 0 amide bonds. The van der Waals surface area contributed by atoms with E-state index in [9.17, 15) is 0 Å². The number of anilines is 1. The molecule has 3 aromatic rings. The molecule has 3 heteroatoms. The third-order valence-corrected chi connectivity index (χ3v) is 6.20. The predicted octanol–water partition coefficient (Wildman–Crippen LogP) is 6.66. The first-order valence-corrected chi connectivity index (χ1v) is 11.1. The number of nitrogens with two attached hydrogens (primary N) is 1. The Morgan fingerprint density at radius 3 is 2.62 bits per heavy atom. The molecule has 32 heavy (non-hydrogen) atoms. The summed E-state index contributed by atoms with van der Waals surface area (Å²) in [6.07, 6.45) is 11.8. The highest BCUT2D eigenvalue weighted by molar-refractivity contribution is 6.09. The van der Waals surface area contributed by atoms with Crippen molar-refractivity contribution in [3.05, 3.63) is 114 Å². The number of fused-ring (bicyclic) bond motifs is 4. The van der Waals surface area contributed by atoms with Crippen LogP contribution in [0.25, 0.3) is 21.5 Å². The summed E-state index contributed by atoms with van der Waals surface area (Å²) in [5, 5.41) is 12.3. The zero-order valence-corrected chi connectivity index (χ0v) is 19.1. The van der Waals surface area contributed by atoms with E-state index in [1.165, 1.54) is 32.8 Å². The van der Waals surface area contributed by atoms with E-state index in [2.05, 4.69) is 85.7 Å². The molecule has 0 saturated heterocycles. The molecule has 1 aliphatic heterocycles. The molecular weight excluding hydrogens is 390 g/mol. The van der Waals surface area contributed by atoms with Crippen LogP contribution in [0, 0.1) is 0 Å². The molecule has 1 unspecified atom stereocenters. The lowest BCUT2D eigenvalue weighted by molar-refractivity contribution is 0.576. The Morgan fingerprint density at radius 2 is 1.88 bits per heavy atom. The van der Waals surface area contributed by atoms with Crippen LogP contribution < -0.4 is 16.4 Å². The van der Waals surface area contributed by atoms with E-state index in [1.807, 2.05) is 31.2 Å². The van der Waals surface area contributed by atoms with Gasteiger partial charge < -0.3 is 16.4 Å². The van der Waals surface area contributed by atoms with Gasteiger partial charge in [-0.1, -0.05) is 67.3 Å². The van der Waals surface area contributed by atoms with Gasteiger partial charge in [0.15, 0.2) is 0 Å². The summed E-state index contributed by atoms with van der Waals surface area (Å²) in [5.74, 6) is 0. The third-order valence-electron chi connectivity index (χ3n) is 6.20. The Balaban J connectivity index is 1.83. The zero-order chi connectivity index (χ0) is 22.7. The monoisotopic (exact) mass is 421 g/mol. The molecule has 4 rings (SSSR count). The van der Waals surface area contributed by atoms with E-state index in [-0.39, 0.29) is 5.54 Å². The smallest absolute Gasteiger partial charge is 0.0866 e. The van der Waals surface area contributed by atoms with Gasteiger partial charge in [-0.2, -0.15) is 0 Å². The quantitative estimate of drug-likeness (QED) is 0.295. The minimum Gasteiger partial charge on any atom is -0.372 e. The Kier molecular flexibility index (Phi) is 6.02. The van der Waals surface area contributed by atoms with Crippen LogP contribution in [-0.4, -0.2) is 6.54 Å². The number of rotatable bonds is 7. The lowest BCUT2D eigenvalue weighted by atomic mass is 9.74. The Hall–Kier alpha value is -3.56. The number of allylic oxidation sites excluding steroid dienone is 7. The minimum atomic E-state index is -0.339. The summed E-state index contributed by atoms with van der Waals surface area (Å²) in [6, 6.07) is 17.5. The molecule has 0 aromatic heterocycles. The summed E-state index contributed by atoms with van der Waals surface area (Å²) in [5.41, 5.74) is 11.6. The molecule has 0 saturated carbocycles. The second-order valence-electron chi connectivity index (χ2n) is 8.35. The Bertz CT molecular complexity index is 1310. The van der Waals surface area contributed by atoms with Crippen molar-refractivity contribution < 1.29 is 0 Å². The van der Waals surface area contributed by atoms with Crippen LogP contribution in [0.15, 0.2) is 109 Å². The van der Waals surface area contributed by atoms with Gasteiger partial charge in [0, 0.05) is 29.2 Å². The van der Waals surface area contributed by atoms with E-state index in [0.717, 1.165) is 17.0 Å². The first-order valence-electron chi connectivity index (χ1n) is 11.1. The number of hydrogen-bond acceptors (Lipinski definition) is 3. The van der Waals surface area contributed by atoms with Gasteiger partial charge in [0.25, 0.3) is 0 Å². The molecule has 3 nitrogen and oxygen atoms in total. The maximum absolute atomic E-state index is 6.34. The fourth-order valence-electron chi connectivity index (χ4n) is 4.58. The lowest BCUT2D eigenvalue weighted by Gasteiger charge is -2.46. The van der Waals surface area contributed by atoms with Crippen molar-refractivity contribution in [3.8, 4) is 0 Å². The SMILES string of the molecule is C=C/C=C\C=C(/C)NC(/C=C\C)=C(\CN)C1(C)Nc2cc3ccc4ccccc4c3cc21. The summed E-state index contributed by atoms with van der Waals surface area (Å²) in [4.78, 5) is 0. The predicted molar refractivity (Wildman–Crippen MR) is 140 cm³/mol. The molecule has 0 fully saturated rings. The van der Waals surface area contributed by atoms with E-state index < -0.39 is 0 Å². The zero-order valence-electron chi connectivity index (χ0n) is 19.1. The van der Waals surface area contributed by atoms with E-state index in [1.54, 1.807) is 6.08 Å². The van der Waals surface area contributed by atoms with Crippen LogP contribution >= 0.6 is 0 Å². The summed E-state index contributed by atoms with van der Waals surface area (Å²) in [7, 11) is 0. The molecule has 4 N–H and O–H groups in total. The van der Waals surface area contributed by atoms with Gasteiger partial charge in [-0.15, -0.1) is 0 Å². The Morgan fingerprint density at radius 1 is 1.09 bits per heavy atom. The van der Waals surface area contributed by atoms with Gasteiger partial charge in [-0.05, 0) is 72.2 Å². The average molecular weight is 422 g/mol. The summed E-state index contributed by atoms with van der Waals surface area (Å²) < 4.78 is 0. The van der Waals surface area contributed by atoms with Gasteiger partial charge in [-0.25, -0.2) is 0 Å². The van der Waals surface area contributed by atoms with Gasteiger partial charge in [-0.3, -0.25) is 0 Å². The van der Waals surface area contributed by atoms with E-state index in [4.69, 9.17) is 5.73 Å². The third kappa shape index (κ3) is 3.76. The van der Waals surface area contributed by atoms with Gasteiger partial charge in [0.05, 0.1) is 5.54 Å². The highest BCUT2D eigenvalue weighted by atomic mass is 15.1. The van der Waals surface area contributed by atoms with E-state index in [0.29, 0.717) is 6.54 Å². The van der Waals surface area contributed by atoms with Crippen LogP contribution in [-0.2, 0) is 5.54 Å². The number of nitrogens with one attached hydrogen (secondary N) is 2. The topological polar surface area (TPSA) is 50.1 Å². The van der Waals surface area contributed by atoms with Crippen molar-refractivity contribution in [2.24, 2.45) is 5.73 Å². The van der Waals surface area contributed by atoms with Crippen molar-refractivity contribution in [2.75, 3.05) is 11.9 Å². The molecular formula is C29H31N3. The van der Waals surface area contributed by atoms with Crippen molar-refractivity contribution in [1.82, 2.24) is 5.32 Å². The van der Waals surface area contributed by atoms with Crippen molar-refractivity contribution in [3.63, 3.8) is 0 Å². The normalized spacial score (nSPS) is 19.1. The van der Waals surface area contributed by atoms with Gasteiger partial charge in [0.2, 0.25) is 0 Å². The molecule has 0 bridgehead atoms. The molecule has 1 aliphatic rings. The average Bonchev–Trinajstić information content (AvgIpc) is 2.78. The van der Waals surface area contributed by atoms with Crippen LogP contribution in [0.3, 0.4) is 0 Å².